The first-order valence-corrected chi connectivity index (χ1v) is 11.4. The third-order valence-corrected chi connectivity index (χ3v) is 6.03. The first kappa shape index (κ1) is 24.2. The van der Waals surface area contributed by atoms with Gasteiger partial charge in [0.25, 0.3) is 5.91 Å². The Morgan fingerprint density at radius 1 is 0.939 bits per heavy atom. The molecular weight excluding hydrogens is 449 g/mol. The Morgan fingerprint density at radius 2 is 1.64 bits per heavy atom. The van der Waals surface area contributed by atoms with Crippen LogP contribution in [0.5, 0.6) is 11.5 Å². The molecule has 0 radical (unpaired) electrons. The van der Waals surface area contributed by atoms with Crippen molar-refractivity contribution in [1.29, 1.82) is 0 Å². The molecule has 3 rings (SSSR count). The maximum absolute atomic E-state index is 13.2. The van der Waals surface area contributed by atoms with Crippen molar-refractivity contribution in [3.8, 4) is 11.5 Å². The molecule has 0 saturated heterocycles. The van der Waals surface area contributed by atoms with Gasteiger partial charge in [0.05, 0.1) is 13.7 Å². The van der Waals surface area contributed by atoms with Crippen LogP contribution in [0, 0.1) is 5.82 Å². The SMILES string of the molecule is COCCN(Cc1ccc(OC)c(OS(=O)(=O)c2ccc(F)cc2)c1)C(=O)c1ccccc1. The average molecular weight is 474 g/mol. The lowest BCUT2D eigenvalue weighted by Crippen LogP contribution is -2.33. The number of nitrogens with zero attached hydrogens (tertiary/aromatic N) is 1. The normalized spacial score (nSPS) is 11.1. The molecule has 0 bridgehead atoms. The van der Waals surface area contributed by atoms with Gasteiger partial charge in [0, 0.05) is 25.8 Å². The lowest BCUT2D eigenvalue weighted by Gasteiger charge is -2.23. The Morgan fingerprint density at radius 3 is 2.27 bits per heavy atom. The van der Waals surface area contributed by atoms with Crippen molar-refractivity contribution in [2.75, 3.05) is 27.4 Å². The Hall–Kier alpha value is -3.43. The van der Waals surface area contributed by atoms with E-state index in [0.29, 0.717) is 24.3 Å². The number of carbonyl (C=O) groups excluding carboxylic acids is 1. The van der Waals surface area contributed by atoms with E-state index in [1.54, 1.807) is 48.4 Å². The van der Waals surface area contributed by atoms with Crippen molar-refractivity contribution < 1.29 is 31.3 Å². The van der Waals surface area contributed by atoms with Crippen LogP contribution in [-0.4, -0.2) is 46.6 Å². The van der Waals surface area contributed by atoms with E-state index in [9.17, 15) is 17.6 Å². The average Bonchev–Trinajstić information content (AvgIpc) is 2.82. The van der Waals surface area contributed by atoms with Crippen LogP contribution < -0.4 is 8.92 Å². The molecule has 0 aliphatic carbocycles. The van der Waals surface area contributed by atoms with Crippen LogP contribution >= 0.6 is 0 Å². The molecule has 0 fully saturated rings. The maximum Gasteiger partial charge on any atom is 0.339 e. The summed E-state index contributed by atoms with van der Waals surface area (Å²) in [5.74, 6) is -0.599. The van der Waals surface area contributed by atoms with Crippen LogP contribution in [-0.2, 0) is 21.4 Å². The van der Waals surface area contributed by atoms with Crippen molar-refractivity contribution in [3.63, 3.8) is 0 Å². The number of hydrogen-bond acceptors (Lipinski definition) is 6. The fraction of sp³-hybridized carbons (Fsp3) is 0.208. The topological polar surface area (TPSA) is 82.1 Å². The van der Waals surface area contributed by atoms with Crippen LogP contribution in [0.15, 0.2) is 77.7 Å². The third kappa shape index (κ3) is 6.30. The van der Waals surface area contributed by atoms with Gasteiger partial charge in [-0.05, 0) is 54.1 Å². The van der Waals surface area contributed by atoms with Crippen LogP contribution in [0.4, 0.5) is 4.39 Å². The minimum Gasteiger partial charge on any atom is -0.493 e. The summed E-state index contributed by atoms with van der Waals surface area (Å²) in [6, 6.07) is 17.9. The minimum absolute atomic E-state index is 0.0434. The highest BCUT2D eigenvalue weighted by Crippen LogP contribution is 2.31. The van der Waals surface area contributed by atoms with E-state index in [1.807, 2.05) is 6.07 Å². The largest absolute Gasteiger partial charge is 0.493 e. The molecule has 3 aromatic carbocycles. The van der Waals surface area contributed by atoms with Crippen LogP contribution in [0.25, 0.3) is 0 Å². The fourth-order valence-corrected chi connectivity index (χ4v) is 4.02. The highest BCUT2D eigenvalue weighted by molar-refractivity contribution is 7.87. The summed E-state index contributed by atoms with van der Waals surface area (Å²) in [5, 5.41) is 0. The van der Waals surface area contributed by atoms with Crippen molar-refractivity contribution >= 4 is 16.0 Å². The van der Waals surface area contributed by atoms with E-state index in [1.165, 1.54) is 13.2 Å². The summed E-state index contributed by atoms with van der Waals surface area (Å²) < 4.78 is 54.2. The molecule has 0 aliphatic heterocycles. The molecule has 1 amide bonds. The molecule has 33 heavy (non-hydrogen) atoms. The van der Waals surface area contributed by atoms with Gasteiger partial charge in [-0.2, -0.15) is 8.42 Å². The van der Waals surface area contributed by atoms with Crippen molar-refractivity contribution in [3.05, 3.63) is 89.7 Å². The third-order valence-electron chi connectivity index (χ3n) is 4.78. The van der Waals surface area contributed by atoms with E-state index in [2.05, 4.69) is 0 Å². The number of benzene rings is 3. The van der Waals surface area contributed by atoms with Gasteiger partial charge in [-0.15, -0.1) is 0 Å². The van der Waals surface area contributed by atoms with E-state index in [0.717, 1.165) is 24.3 Å². The van der Waals surface area contributed by atoms with Crippen LogP contribution in [0.3, 0.4) is 0 Å². The van der Waals surface area contributed by atoms with E-state index < -0.39 is 15.9 Å². The minimum atomic E-state index is -4.23. The Kier molecular flexibility index (Phi) is 8.02. The van der Waals surface area contributed by atoms with Gasteiger partial charge < -0.3 is 18.6 Å². The zero-order valence-electron chi connectivity index (χ0n) is 18.2. The zero-order chi connectivity index (χ0) is 23.8. The van der Waals surface area contributed by atoms with Gasteiger partial charge in [-0.3, -0.25) is 4.79 Å². The van der Waals surface area contributed by atoms with Crippen molar-refractivity contribution in [1.82, 2.24) is 4.90 Å². The van der Waals surface area contributed by atoms with Gasteiger partial charge in [0.2, 0.25) is 0 Å². The number of halogens is 1. The highest BCUT2D eigenvalue weighted by atomic mass is 32.2. The molecule has 3 aromatic rings. The van der Waals surface area contributed by atoms with Crippen LogP contribution in [0.1, 0.15) is 15.9 Å². The summed E-state index contributed by atoms with van der Waals surface area (Å²) in [6.07, 6.45) is 0. The van der Waals surface area contributed by atoms with Gasteiger partial charge in [0.15, 0.2) is 11.5 Å². The Labute approximate surface area is 192 Å². The molecule has 0 N–H and O–H groups in total. The van der Waals surface area contributed by atoms with E-state index >= 15 is 0 Å². The molecular formula is C24H24FNO6S. The monoisotopic (exact) mass is 473 g/mol. The summed E-state index contributed by atoms with van der Waals surface area (Å²) in [7, 11) is -1.30. The predicted octanol–water partition coefficient (Wildman–Crippen LogP) is 3.89. The van der Waals surface area contributed by atoms with Gasteiger partial charge in [-0.1, -0.05) is 24.3 Å². The predicted molar refractivity (Wildman–Crippen MR) is 120 cm³/mol. The number of amides is 1. The highest BCUT2D eigenvalue weighted by Gasteiger charge is 2.21. The number of hydrogen-bond donors (Lipinski definition) is 0. The van der Waals surface area contributed by atoms with Gasteiger partial charge >= 0.3 is 10.1 Å². The molecule has 0 spiro atoms. The molecule has 0 aromatic heterocycles. The van der Waals surface area contributed by atoms with Gasteiger partial charge in [0.1, 0.15) is 10.7 Å². The summed E-state index contributed by atoms with van der Waals surface area (Å²) in [6.45, 7) is 0.853. The summed E-state index contributed by atoms with van der Waals surface area (Å²) >= 11 is 0. The second kappa shape index (κ2) is 10.9. The molecule has 9 heteroatoms. The smallest absolute Gasteiger partial charge is 0.339 e. The standard InChI is InChI=1S/C24H24FNO6S/c1-30-15-14-26(24(27)19-6-4-3-5-7-19)17-18-8-13-22(31-2)23(16-18)32-33(28,29)21-11-9-20(25)10-12-21/h3-13,16H,14-15,17H2,1-2H3. The Balaban J connectivity index is 1.87. The first-order chi connectivity index (χ1) is 15.8. The maximum atomic E-state index is 13.2. The van der Waals surface area contributed by atoms with E-state index in [-0.39, 0.29) is 28.8 Å². The van der Waals surface area contributed by atoms with E-state index in [4.69, 9.17) is 13.7 Å². The van der Waals surface area contributed by atoms with Crippen molar-refractivity contribution in [2.45, 2.75) is 11.4 Å². The lowest BCUT2D eigenvalue weighted by molar-refractivity contribution is 0.0680. The number of rotatable bonds is 10. The van der Waals surface area contributed by atoms with Gasteiger partial charge in [-0.25, -0.2) is 4.39 Å². The first-order valence-electron chi connectivity index (χ1n) is 10.0. The van der Waals surface area contributed by atoms with Crippen LogP contribution in [0.2, 0.25) is 0 Å². The fourth-order valence-electron chi connectivity index (χ4n) is 3.09. The molecule has 0 aliphatic rings. The number of carbonyl (C=O) groups is 1. The zero-order valence-corrected chi connectivity index (χ0v) is 19.0. The molecule has 0 saturated carbocycles. The molecule has 7 nitrogen and oxygen atoms in total. The Bertz CT molecular complexity index is 1180. The molecule has 174 valence electrons. The number of methoxy groups -OCH3 is 2. The second-order valence-corrected chi connectivity index (χ2v) is 8.61. The lowest BCUT2D eigenvalue weighted by atomic mass is 10.1. The quantitative estimate of drug-likeness (QED) is 0.416. The van der Waals surface area contributed by atoms with Crippen molar-refractivity contribution in [2.24, 2.45) is 0 Å². The molecule has 0 heterocycles. The molecule has 0 unspecified atom stereocenters. The summed E-state index contributed by atoms with van der Waals surface area (Å²) in [5.41, 5.74) is 1.15. The second-order valence-electron chi connectivity index (χ2n) is 7.06. The number of ether oxygens (including phenoxy) is 2. The molecule has 0 atom stereocenters. The summed E-state index contributed by atoms with van der Waals surface area (Å²) in [4.78, 5) is 14.4.